The highest BCUT2D eigenvalue weighted by atomic mass is 19.1. The normalized spacial score (nSPS) is 10.3. The topological polar surface area (TPSA) is 9.23 Å². The lowest BCUT2D eigenvalue weighted by Crippen LogP contribution is -1.89. The van der Waals surface area contributed by atoms with E-state index < -0.39 is 0 Å². The highest BCUT2D eigenvalue weighted by molar-refractivity contribution is 5.85. The lowest BCUT2D eigenvalue weighted by molar-refractivity contribution is 0.415. The van der Waals surface area contributed by atoms with Crippen LogP contribution in [0, 0.1) is 31.5 Å². The van der Waals surface area contributed by atoms with E-state index in [2.05, 4.69) is 11.8 Å². The summed E-state index contributed by atoms with van der Waals surface area (Å²) in [6.07, 6.45) is 0. The largest absolute Gasteiger partial charge is 0.497 e. The Bertz CT molecular complexity index is 945. The minimum absolute atomic E-state index is 0.217. The van der Waals surface area contributed by atoms with Crippen LogP contribution in [0.1, 0.15) is 22.3 Å². The van der Waals surface area contributed by atoms with Gasteiger partial charge in [0.2, 0.25) is 0 Å². The fourth-order valence-corrected chi connectivity index (χ4v) is 2.53. The summed E-state index contributed by atoms with van der Waals surface area (Å²) in [7, 11) is 1.66. The molecule has 0 aliphatic rings. The predicted molar refractivity (Wildman–Crippen MR) is 92.4 cm³/mol. The molecule has 3 aromatic rings. The van der Waals surface area contributed by atoms with Crippen molar-refractivity contribution in [3.8, 4) is 17.6 Å². The highest BCUT2D eigenvalue weighted by Crippen LogP contribution is 2.21. The Morgan fingerprint density at radius 1 is 0.826 bits per heavy atom. The van der Waals surface area contributed by atoms with E-state index in [9.17, 15) is 4.39 Å². The SMILES string of the molecule is COc1ccc2cc(C#Cc3cc(F)c(C)cc3C)ccc2c1. The third kappa shape index (κ3) is 3.19. The molecule has 0 N–H and O–H groups in total. The van der Waals surface area contributed by atoms with Gasteiger partial charge in [0.15, 0.2) is 0 Å². The summed E-state index contributed by atoms with van der Waals surface area (Å²) >= 11 is 0. The molecule has 0 bridgehead atoms. The van der Waals surface area contributed by atoms with Crippen LogP contribution < -0.4 is 4.74 Å². The highest BCUT2D eigenvalue weighted by Gasteiger charge is 2.02. The van der Waals surface area contributed by atoms with Crippen molar-refractivity contribution in [1.82, 2.24) is 0 Å². The van der Waals surface area contributed by atoms with Crippen LogP contribution in [0.3, 0.4) is 0 Å². The standard InChI is InChI=1S/C21H17FO/c1-14-10-15(2)21(22)13-17(14)6-4-16-5-7-19-12-20(23-3)9-8-18(19)11-16/h5,7-13H,1-3H3. The first kappa shape index (κ1) is 15.1. The monoisotopic (exact) mass is 304 g/mol. The van der Waals surface area contributed by atoms with E-state index in [4.69, 9.17) is 4.74 Å². The van der Waals surface area contributed by atoms with E-state index in [1.54, 1.807) is 14.0 Å². The van der Waals surface area contributed by atoms with E-state index in [0.29, 0.717) is 5.56 Å². The molecule has 3 aromatic carbocycles. The molecule has 0 saturated carbocycles. The number of fused-ring (bicyclic) bond motifs is 1. The summed E-state index contributed by atoms with van der Waals surface area (Å²) < 4.78 is 18.9. The summed E-state index contributed by atoms with van der Waals surface area (Å²) in [6.45, 7) is 3.71. The number of benzene rings is 3. The first-order valence-electron chi connectivity index (χ1n) is 7.43. The van der Waals surface area contributed by atoms with Crippen molar-refractivity contribution in [3.63, 3.8) is 0 Å². The molecule has 0 aliphatic heterocycles. The molecule has 2 heteroatoms. The lowest BCUT2D eigenvalue weighted by Gasteiger charge is -2.03. The Kier molecular flexibility index (Phi) is 4.04. The first-order chi connectivity index (χ1) is 11.1. The number of hydrogen-bond donors (Lipinski definition) is 0. The summed E-state index contributed by atoms with van der Waals surface area (Å²) in [5.74, 6) is 6.81. The number of halogens is 1. The van der Waals surface area contributed by atoms with E-state index >= 15 is 0 Å². The molecule has 23 heavy (non-hydrogen) atoms. The van der Waals surface area contributed by atoms with E-state index in [-0.39, 0.29) is 5.82 Å². The number of hydrogen-bond acceptors (Lipinski definition) is 1. The summed E-state index contributed by atoms with van der Waals surface area (Å²) in [6, 6.07) is 15.3. The zero-order valence-electron chi connectivity index (χ0n) is 13.4. The third-order valence-electron chi connectivity index (χ3n) is 3.89. The van der Waals surface area contributed by atoms with Gasteiger partial charge in [-0.15, -0.1) is 0 Å². The Hall–Kier alpha value is -2.79. The Labute approximate surface area is 135 Å². The second-order valence-electron chi connectivity index (χ2n) is 5.59. The molecule has 3 rings (SSSR count). The second kappa shape index (κ2) is 6.14. The van der Waals surface area contributed by atoms with Gasteiger partial charge in [-0.25, -0.2) is 4.39 Å². The molecular formula is C21H17FO. The van der Waals surface area contributed by atoms with Crippen molar-refractivity contribution in [2.24, 2.45) is 0 Å². The van der Waals surface area contributed by atoms with Crippen molar-refractivity contribution in [1.29, 1.82) is 0 Å². The van der Waals surface area contributed by atoms with Crippen molar-refractivity contribution in [3.05, 3.63) is 76.6 Å². The van der Waals surface area contributed by atoms with Crippen molar-refractivity contribution in [2.45, 2.75) is 13.8 Å². The van der Waals surface area contributed by atoms with Crippen LogP contribution in [0.2, 0.25) is 0 Å². The zero-order chi connectivity index (χ0) is 16.4. The molecule has 0 atom stereocenters. The van der Waals surface area contributed by atoms with Gasteiger partial charge in [0.05, 0.1) is 7.11 Å². The summed E-state index contributed by atoms with van der Waals surface area (Å²) in [4.78, 5) is 0. The van der Waals surface area contributed by atoms with Gasteiger partial charge in [-0.2, -0.15) is 0 Å². The van der Waals surface area contributed by atoms with E-state index in [0.717, 1.165) is 33.2 Å². The Balaban J connectivity index is 1.98. The molecule has 0 aliphatic carbocycles. The van der Waals surface area contributed by atoms with Crippen LogP contribution in [-0.4, -0.2) is 7.11 Å². The molecule has 0 spiro atoms. The lowest BCUT2D eigenvalue weighted by atomic mass is 10.0. The van der Waals surface area contributed by atoms with Gasteiger partial charge in [-0.3, -0.25) is 0 Å². The van der Waals surface area contributed by atoms with Crippen molar-refractivity contribution < 1.29 is 9.13 Å². The van der Waals surface area contributed by atoms with Gasteiger partial charge in [-0.05, 0) is 66.1 Å². The predicted octanol–water partition coefficient (Wildman–Crippen LogP) is 5.00. The molecule has 0 aromatic heterocycles. The van der Waals surface area contributed by atoms with Crippen LogP contribution in [0.15, 0.2) is 48.5 Å². The molecule has 0 radical (unpaired) electrons. The average molecular weight is 304 g/mol. The number of aryl methyl sites for hydroxylation is 2. The maximum Gasteiger partial charge on any atom is 0.127 e. The maximum absolute atomic E-state index is 13.7. The Morgan fingerprint density at radius 2 is 1.57 bits per heavy atom. The van der Waals surface area contributed by atoms with Gasteiger partial charge in [-0.1, -0.05) is 30.0 Å². The molecule has 0 saturated heterocycles. The molecule has 0 amide bonds. The first-order valence-corrected chi connectivity index (χ1v) is 7.43. The van der Waals surface area contributed by atoms with Crippen LogP contribution in [-0.2, 0) is 0 Å². The van der Waals surface area contributed by atoms with Crippen LogP contribution in [0.4, 0.5) is 4.39 Å². The number of methoxy groups -OCH3 is 1. The summed E-state index contributed by atoms with van der Waals surface area (Å²) in [5.41, 5.74) is 3.26. The Morgan fingerprint density at radius 3 is 2.35 bits per heavy atom. The van der Waals surface area contributed by atoms with Crippen molar-refractivity contribution >= 4 is 10.8 Å². The fraction of sp³-hybridized carbons (Fsp3) is 0.143. The van der Waals surface area contributed by atoms with Gasteiger partial charge in [0, 0.05) is 11.1 Å². The third-order valence-corrected chi connectivity index (χ3v) is 3.89. The van der Waals surface area contributed by atoms with Gasteiger partial charge in [0.25, 0.3) is 0 Å². The smallest absolute Gasteiger partial charge is 0.127 e. The number of rotatable bonds is 1. The molecule has 114 valence electrons. The van der Waals surface area contributed by atoms with Crippen LogP contribution >= 0.6 is 0 Å². The molecule has 0 unspecified atom stereocenters. The summed E-state index contributed by atoms with van der Waals surface area (Å²) in [5, 5.41) is 2.21. The fourth-order valence-electron chi connectivity index (χ4n) is 2.53. The van der Waals surface area contributed by atoms with Crippen molar-refractivity contribution in [2.75, 3.05) is 7.11 Å². The van der Waals surface area contributed by atoms with Gasteiger partial charge >= 0.3 is 0 Å². The van der Waals surface area contributed by atoms with E-state index in [1.165, 1.54) is 6.07 Å². The molecular weight excluding hydrogens is 287 g/mol. The number of ether oxygens (including phenoxy) is 1. The maximum atomic E-state index is 13.7. The quantitative estimate of drug-likeness (QED) is 0.575. The van der Waals surface area contributed by atoms with Gasteiger partial charge in [0.1, 0.15) is 11.6 Å². The molecule has 1 nitrogen and oxygen atoms in total. The van der Waals surface area contributed by atoms with E-state index in [1.807, 2.05) is 49.4 Å². The van der Waals surface area contributed by atoms with Gasteiger partial charge < -0.3 is 4.74 Å². The minimum atomic E-state index is -0.217. The molecule has 0 heterocycles. The van der Waals surface area contributed by atoms with Crippen LogP contribution in [0.25, 0.3) is 10.8 Å². The molecule has 0 fully saturated rings. The minimum Gasteiger partial charge on any atom is -0.497 e. The average Bonchev–Trinajstić information content (AvgIpc) is 2.56. The zero-order valence-corrected chi connectivity index (χ0v) is 13.4. The van der Waals surface area contributed by atoms with Crippen LogP contribution in [0.5, 0.6) is 5.75 Å². The second-order valence-corrected chi connectivity index (χ2v) is 5.59.